The molecule has 1 heterocycles. The van der Waals surface area contributed by atoms with Crippen LogP contribution in [-0.2, 0) is 16.6 Å². The van der Waals surface area contributed by atoms with Crippen molar-refractivity contribution in [1.82, 2.24) is 4.72 Å². The standard InChI is InChI=1S/C16H16FNO4S/c1-11-8-14-15(22-7-6-21-14)9-16(11)23(19,20)18-10-12-2-4-13(17)5-3-12/h2-5,8-9,18H,6-7,10H2,1H3. The Bertz CT molecular complexity index is 819. The van der Waals surface area contributed by atoms with Crippen LogP contribution < -0.4 is 14.2 Å². The Balaban J connectivity index is 1.83. The molecule has 2 aromatic carbocycles. The van der Waals surface area contributed by atoms with Crippen LogP contribution in [0.1, 0.15) is 11.1 Å². The summed E-state index contributed by atoms with van der Waals surface area (Å²) in [5.41, 5.74) is 1.24. The number of aryl methyl sites for hydroxylation is 1. The van der Waals surface area contributed by atoms with E-state index < -0.39 is 10.0 Å². The van der Waals surface area contributed by atoms with E-state index >= 15 is 0 Å². The highest BCUT2D eigenvalue weighted by Crippen LogP contribution is 2.34. The minimum absolute atomic E-state index is 0.0799. The Labute approximate surface area is 134 Å². The van der Waals surface area contributed by atoms with Crippen LogP contribution in [0.5, 0.6) is 11.5 Å². The van der Waals surface area contributed by atoms with Gasteiger partial charge in [0.15, 0.2) is 11.5 Å². The van der Waals surface area contributed by atoms with E-state index in [9.17, 15) is 12.8 Å². The molecule has 0 amide bonds. The van der Waals surface area contributed by atoms with Crippen LogP contribution in [0, 0.1) is 12.7 Å². The average molecular weight is 337 g/mol. The summed E-state index contributed by atoms with van der Waals surface area (Å²) in [6, 6.07) is 8.78. The van der Waals surface area contributed by atoms with Crippen molar-refractivity contribution >= 4 is 10.0 Å². The van der Waals surface area contributed by atoms with Crippen molar-refractivity contribution in [3.05, 3.63) is 53.3 Å². The molecule has 0 fully saturated rings. The second-order valence-corrected chi connectivity index (χ2v) is 6.95. The smallest absolute Gasteiger partial charge is 0.241 e. The first kappa shape index (κ1) is 15.8. The van der Waals surface area contributed by atoms with E-state index in [1.165, 1.54) is 30.3 Å². The number of sulfonamides is 1. The molecule has 0 saturated carbocycles. The lowest BCUT2D eigenvalue weighted by Crippen LogP contribution is -2.24. The molecule has 0 unspecified atom stereocenters. The molecule has 0 aliphatic carbocycles. The van der Waals surface area contributed by atoms with Gasteiger partial charge in [0.1, 0.15) is 19.0 Å². The Morgan fingerprint density at radius 1 is 1.09 bits per heavy atom. The van der Waals surface area contributed by atoms with Crippen LogP contribution in [0.3, 0.4) is 0 Å². The van der Waals surface area contributed by atoms with Crippen molar-refractivity contribution in [3.8, 4) is 11.5 Å². The minimum atomic E-state index is -3.71. The second-order valence-electron chi connectivity index (χ2n) is 5.21. The summed E-state index contributed by atoms with van der Waals surface area (Å²) >= 11 is 0. The molecule has 23 heavy (non-hydrogen) atoms. The van der Waals surface area contributed by atoms with Crippen LogP contribution >= 0.6 is 0 Å². The van der Waals surface area contributed by atoms with Crippen LogP contribution in [0.25, 0.3) is 0 Å². The van der Waals surface area contributed by atoms with Gasteiger partial charge in [0, 0.05) is 12.6 Å². The maximum atomic E-state index is 12.9. The normalized spacial score (nSPS) is 13.8. The molecule has 1 aliphatic heterocycles. The van der Waals surface area contributed by atoms with Gasteiger partial charge < -0.3 is 9.47 Å². The zero-order valence-electron chi connectivity index (χ0n) is 12.5. The average Bonchev–Trinajstić information content (AvgIpc) is 2.53. The number of ether oxygens (including phenoxy) is 2. The summed E-state index contributed by atoms with van der Waals surface area (Å²) in [6.07, 6.45) is 0. The topological polar surface area (TPSA) is 64.6 Å². The van der Waals surface area contributed by atoms with E-state index in [0.717, 1.165) is 0 Å². The van der Waals surface area contributed by atoms with Crippen molar-refractivity contribution in [2.75, 3.05) is 13.2 Å². The summed E-state index contributed by atoms with van der Waals surface area (Å²) in [4.78, 5) is 0.142. The van der Waals surface area contributed by atoms with Crippen molar-refractivity contribution in [2.45, 2.75) is 18.4 Å². The third-order valence-electron chi connectivity index (χ3n) is 3.51. The first-order valence-electron chi connectivity index (χ1n) is 7.10. The number of nitrogens with one attached hydrogen (secondary N) is 1. The third kappa shape index (κ3) is 3.46. The number of halogens is 1. The van der Waals surface area contributed by atoms with Gasteiger partial charge in [0.05, 0.1) is 4.90 Å². The highest BCUT2D eigenvalue weighted by Gasteiger charge is 2.22. The van der Waals surface area contributed by atoms with E-state index in [2.05, 4.69) is 4.72 Å². The zero-order chi connectivity index (χ0) is 16.4. The molecule has 1 N–H and O–H groups in total. The fraction of sp³-hybridized carbons (Fsp3) is 0.250. The molecule has 3 rings (SSSR count). The highest BCUT2D eigenvalue weighted by atomic mass is 32.2. The van der Waals surface area contributed by atoms with Gasteiger partial charge in [-0.1, -0.05) is 12.1 Å². The highest BCUT2D eigenvalue weighted by molar-refractivity contribution is 7.89. The van der Waals surface area contributed by atoms with E-state index in [1.807, 2.05) is 0 Å². The van der Waals surface area contributed by atoms with Crippen LogP contribution in [0.2, 0.25) is 0 Å². The van der Waals surface area contributed by atoms with E-state index in [1.54, 1.807) is 13.0 Å². The quantitative estimate of drug-likeness (QED) is 0.930. The largest absolute Gasteiger partial charge is 0.486 e. The lowest BCUT2D eigenvalue weighted by molar-refractivity contribution is 0.171. The van der Waals surface area contributed by atoms with Gasteiger partial charge in [-0.05, 0) is 36.2 Å². The predicted molar refractivity (Wildman–Crippen MR) is 82.6 cm³/mol. The van der Waals surface area contributed by atoms with Gasteiger partial charge in [0.2, 0.25) is 10.0 Å². The van der Waals surface area contributed by atoms with Gasteiger partial charge in [-0.2, -0.15) is 0 Å². The fourth-order valence-corrected chi connectivity index (χ4v) is 3.58. The Hall–Kier alpha value is -2.12. The van der Waals surface area contributed by atoms with Crippen molar-refractivity contribution in [3.63, 3.8) is 0 Å². The molecule has 5 nitrogen and oxygen atoms in total. The van der Waals surface area contributed by atoms with Gasteiger partial charge >= 0.3 is 0 Å². The maximum absolute atomic E-state index is 12.9. The molecule has 0 aromatic heterocycles. The molecule has 1 aliphatic rings. The molecule has 7 heteroatoms. The molecule has 0 saturated heterocycles. The molecule has 0 bridgehead atoms. The molecule has 0 atom stereocenters. The number of hydrogen-bond donors (Lipinski definition) is 1. The van der Waals surface area contributed by atoms with Crippen LogP contribution in [0.15, 0.2) is 41.3 Å². The number of fused-ring (bicyclic) bond motifs is 1. The van der Waals surface area contributed by atoms with Gasteiger partial charge in [-0.25, -0.2) is 17.5 Å². The molecular formula is C16H16FNO4S. The Morgan fingerprint density at radius 3 is 2.35 bits per heavy atom. The number of rotatable bonds is 4. The molecule has 0 radical (unpaired) electrons. The summed E-state index contributed by atoms with van der Waals surface area (Å²) in [5, 5.41) is 0. The van der Waals surface area contributed by atoms with Gasteiger partial charge in [0.25, 0.3) is 0 Å². The van der Waals surface area contributed by atoms with E-state index in [4.69, 9.17) is 9.47 Å². The molecule has 2 aromatic rings. The minimum Gasteiger partial charge on any atom is -0.486 e. The second kappa shape index (κ2) is 6.17. The first-order valence-corrected chi connectivity index (χ1v) is 8.58. The van der Waals surface area contributed by atoms with Crippen LogP contribution in [-0.4, -0.2) is 21.6 Å². The third-order valence-corrected chi connectivity index (χ3v) is 5.05. The first-order chi connectivity index (χ1) is 11.0. The van der Waals surface area contributed by atoms with Crippen LogP contribution in [0.4, 0.5) is 4.39 Å². The lowest BCUT2D eigenvalue weighted by Gasteiger charge is -2.20. The van der Waals surface area contributed by atoms with Gasteiger partial charge in [-0.15, -0.1) is 0 Å². The monoisotopic (exact) mass is 337 g/mol. The SMILES string of the molecule is Cc1cc2c(cc1S(=O)(=O)NCc1ccc(F)cc1)OCCO2. The maximum Gasteiger partial charge on any atom is 0.241 e. The van der Waals surface area contributed by atoms with E-state index in [-0.39, 0.29) is 17.3 Å². The summed E-state index contributed by atoms with van der Waals surface area (Å²) in [5.74, 6) is 0.606. The summed E-state index contributed by atoms with van der Waals surface area (Å²) < 4.78 is 51.2. The summed E-state index contributed by atoms with van der Waals surface area (Å²) in [6.45, 7) is 2.61. The van der Waals surface area contributed by atoms with Crippen molar-refractivity contribution in [1.29, 1.82) is 0 Å². The molecular weight excluding hydrogens is 321 g/mol. The molecule has 0 spiro atoms. The lowest BCUT2D eigenvalue weighted by atomic mass is 10.2. The molecule has 122 valence electrons. The summed E-state index contributed by atoms with van der Waals surface area (Å²) in [7, 11) is -3.71. The number of benzene rings is 2. The van der Waals surface area contributed by atoms with E-state index in [0.29, 0.717) is 35.8 Å². The Morgan fingerprint density at radius 2 is 1.70 bits per heavy atom. The zero-order valence-corrected chi connectivity index (χ0v) is 13.3. The van der Waals surface area contributed by atoms with Crippen molar-refractivity contribution in [2.24, 2.45) is 0 Å². The van der Waals surface area contributed by atoms with Gasteiger partial charge in [-0.3, -0.25) is 0 Å². The number of hydrogen-bond acceptors (Lipinski definition) is 4. The Kier molecular flexibility index (Phi) is 4.23. The van der Waals surface area contributed by atoms with Crippen molar-refractivity contribution < 1.29 is 22.3 Å². The predicted octanol–water partition coefficient (Wildman–Crippen LogP) is 2.38. The fourth-order valence-electron chi connectivity index (χ4n) is 2.32.